The summed E-state index contributed by atoms with van der Waals surface area (Å²) in [6, 6.07) is 3.90. The number of amides is 2. The van der Waals surface area contributed by atoms with Crippen LogP contribution in [0.1, 0.15) is 37.9 Å². The van der Waals surface area contributed by atoms with Crippen molar-refractivity contribution >= 4 is 11.8 Å². The number of carbonyl (C=O) groups excluding carboxylic acids is 2. The summed E-state index contributed by atoms with van der Waals surface area (Å²) in [7, 11) is 0. The molecule has 1 saturated heterocycles. The standard InChI is InChI=1S/C15H21N3O2/c1-4-15(3)14(20)18(8-7-13(19)17-15)10-12-6-5-11(2)16-9-12/h5-6,9H,4,7-8,10H2,1-3H3,(H,17,19). The smallest absolute Gasteiger partial charge is 0.248 e. The number of nitrogens with zero attached hydrogens (tertiary/aromatic N) is 2. The van der Waals surface area contributed by atoms with E-state index in [4.69, 9.17) is 0 Å². The summed E-state index contributed by atoms with van der Waals surface area (Å²) in [6.45, 7) is 6.58. The molecule has 20 heavy (non-hydrogen) atoms. The minimum atomic E-state index is -0.800. The summed E-state index contributed by atoms with van der Waals surface area (Å²) in [5, 5.41) is 2.83. The molecule has 0 aromatic carbocycles. The lowest BCUT2D eigenvalue weighted by molar-refractivity contribution is -0.138. The lowest BCUT2D eigenvalue weighted by Crippen LogP contribution is -2.54. The maximum atomic E-state index is 12.6. The summed E-state index contributed by atoms with van der Waals surface area (Å²) in [4.78, 5) is 30.3. The van der Waals surface area contributed by atoms with Crippen LogP contribution in [0.5, 0.6) is 0 Å². The Morgan fingerprint density at radius 1 is 1.40 bits per heavy atom. The van der Waals surface area contributed by atoms with Crippen molar-refractivity contribution in [3.63, 3.8) is 0 Å². The van der Waals surface area contributed by atoms with Gasteiger partial charge in [-0.25, -0.2) is 0 Å². The topological polar surface area (TPSA) is 62.3 Å². The van der Waals surface area contributed by atoms with E-state index in [-0.39, 0.29) is 11.8 Å². The Morgan fingerprint density at radius 2 is 2.15 bits per heavy atom. The second-order valence-corrected chi connectivity index (χ2v) is 5.52. The number of pyridine rings is 1. The molecule has 0 bridgehead atoms. The van der Waals surface area contributed by atoms with Crippen LogP contribution in [0.15, 0.2) is 18.3 Å². The zero-order valence-electron chi connectivity index (χ0n) is 12.3. The highest BCUT2D eigenvalue weighted by Crippen LogP contribution is 2.19. The highest BCUT2D eigenvalue weighted by Gasteiger charge is 2.38. The van der Waals surface area contributed by atoms with Crippen LogP contribution in [0, 0.1) is 6.92 Å². The van der Waals surface area contributed by atoms with Gasteiger partial charge in [0, 0.05) is 31.4 Å². The SMILES string of the molecule is CCC1(C)NC(=O)CCN(Cc2ccc(C)nc2)C1=O. The van der Waals surface area contributed by atoms with E-state index in [0.717, 1.165) is 11.3 Å². The van der Waals surface area contributed by atoms with Crippen LogP contribution in [-0.2, 0) is 16.1 Å². The first kappa shape index (κ1) is 14.5. The van der Waals surface area contributed by atoms with Gasteiger partial charge in [-0.2, -0.15) is 0 Å². The maximum absolute atomic E-state index is 12.6. The fourth-order valence-electron chi connectivity index (χ4n) is 2.31. The average Bonchev–Trinajstić information content (AvgIpc) is 2.53. The largest absolute Gasteiger partial charge is 0.342 e. The van der Waals surface area contributed by atoms with Crippen LogP contribution in [0.25, 0.3) is 0 Å². The fraction of sp³-hybridized carbons (Fsp3) is 0.533. The van der Waals surface area contributed by atoms with E-state index in [2.05, 4.69) is 10.3 Å². The van der Waals surface area contributed by atoms with Crippen molar-refractivity contribution in [2.24, 2.45) is 0 Å². The zero-order valence-corrected chi connectivity index (χ0v) is 12.3. The van der Waals surface area contributed by atoms with E-state index in [1.165, 1.54) is 0 Å². The van der Waals surface area contributed by atoms with Crippen molar-refractivity contribution in [2.45, 2.75) is 45.7 Å². The third kappa shape index (κ3) is 2.98. The van der Waals surface area contributed by atoms with Crippen molar-refractivity contribution in [3.05, 3.63) is 29.6 Å². The van der Waals surface area contributed by atoms with Gasteiger partial charge < -0.3 is 10.2 Å². The predicted molar refractivity (Wildman–Crippen MR) is 75.8 cm³/mol. The molecular formula is C15H21N3O2. The third-order valence-electron chi connectivity index (χ3n) is 3.84. The Hall–Kier alpha value is -1.91. The molecule has 0 spiro atoms. The Bertz CT molecular complexity index is 512. The molecule has 0 saturated carbocycles. The molecule has 5 nitrogen and oxygen atoms in total. The van der Waals surface area contributed by atoms with Gasteiger partial charge in [-0.3, -0.25) is 14.6 Å². The number of aryl methyl sites for hydroxylation is 1. The van der Waals surface area contributed by atoms with E-state index in [9.17, 15) is 9.59 Å². The Balaban J connectivity index is 2.19. The predicted octanol–water partition coefficient (Wildman–Crippen LogP) is 1.41. The highest BCUT2D eigenvalue weighted by atomic mass is 16.2. The van der Waals surface area contributed by atoms with Crippen LogP contribution in [0.2, 0.25) is 0 Å². The van der Waals surface area contributed by atoms with Crippen LogP contribution >= 0.6 is 0 Å². The third-order valence-corrected chi connectivity index (χ3v) is 3.84. The number of aromatic nitrogens is 1. The van der Waals surface area contributed by atoms with Crippen LogP contribution in [0.4, 0.5) is 0 Å². The molecular weight excluding hydrogens is 254 g/mol. The molecule has 1 unspecified atom stereocenters. The van der Waals surface area contributed by atoms with Gasteiger partial charge in [0.15, 0.2) is 0 Å². The fourth-order valence-corrected chi connectivity index (χ4v) is 2.31. The molecule has 2 heterocycles. The zero-order chi connectivity index (χ0) is 14.8. The van der Waals surface area contributed by atoms with Crippen LogP contribution < -0.4 is 5.32 Å². The first-order valence-corrected chi connectivity index (χ1v) is 6.96. The summed E-state index contributed by atoms with van der Waals surface area (Å²) < 4.78 is 0. The molecule has 2 amide bonds. The maximum Gasteiger partial charge on any atom is 0.248 e. The van der Waals surface area contributed by atoms with Gasteiger partial charge in [0.1, 0.15) is 5.54 Å². The molecule has 2 rings (SSSR count). The minimum absolute atomic E-state index is 0.0218. The molecule has 1 N–H and O–H groups in total. The van der Waals surface area contributed by atoms with Crippen molar-refractivity contribution < 1.29 is 9.59 Å². The molecule has 1 aliphatic heterocycles. The van der Waals surface area contributed by atoms with Crippen LogP contribution in [-0.4, -0.2) is 33.8 Å². The first-order valence-electron chi connectivity index (χ1n) is 6.96. The summed E-state index contributed by atoms with van der Waals surface area (Å²) >= 11 is 0. The Kier molecular flexibility index (Phi) is 4.06. The summed E-state index contributed by atoms with van der Waals surface area (Å²) in [5.41, 5.74) is 1.13. The number of hydrogen-bond donors (Lipinski definition) is 1. The van der Waals surface area contributed by atoms with Gasteiger partial charge in [-0.05, 0) is 31.9 Å². The molecule has 1 aliphatic rings. The summed E-state index contributed by atoms with van der Waals surface area (Å²) in [6.07, 6.45) is 2.72. The quantitative estimate of drug-likeness (QED) is 0.907. The molecule has 1 fully saturated rings. The second-order valence-electron chi connectivity index (χ2n) is 5.52. The normalized spacial score (nSPS) is 23.4. The molecule has 0 radical (unpaired) electrons. The molecule has 1 aromatic heterocycles. The molecule has 5 heteroatoms. The highest BCUT2D eigenvalue weighted by molar-refractivity contribution is 5.93. The van der Waals surface area contributed by atoms with Gasteiger partial charge >= 0.3 is 0 Å². The molecule has 108 valence electrons. The number of hydrogen-bond acceptors (Lipinski definition) is 3. The van der Waals surface area contributed by atoms with Crippen LogP contribution in [0.3, 0.4) is 0 Å². The lowest BCUT2D eigenvalue weighted by Gasteiger charge is -2.31. The second kappa shape index (κ2) is 5.61. The van der Waals surface area contributed by atoms with E-state index in [1.54, 1.807) is 18.0 Å². The van der Waals surface area contributed by atoms with Gasteiger partial charge in [0.2, 0.25) is 11.8 Å². The number of nitrogens with one attached hydrogen (secondary N) is 1. The van der Waals surface area contributed by atoms with E-state index >= 15 is 0 Å². The van der Waals surface area contributed by atoms with E-state index in [1.807, 2.05) is 26.0 Å². The Morgan fingerprint density at radius 3 is 2.75 bits per heavy atom. The van der Waals surface area contributed by atoms with Gasteiger partial charge in [-0.15, -0.1) is 0 Å². The molecule has 1 atom stereocenters. The number of rotatable bonds is 3. The molecule has 0 aliphatic carbocycles. The van der Waals surface area contributed by atoms with Gasteiger partial charge in [-0.1, -0.05) is 13.0 Å². The Labute approximate surface area is 119 Å². The van der Waals surface area contributed by atoms with Crippen molar-refractivity contribution in [1.29, 1.82) is 0 Å². The van der Waals surface area contributed by atoms with E-state index < -0.39 is 5.54 Å². The van der Waals surface area contributed by atoms with Gasteiger partial charge in [0.05, 0.1) is 0 Å². The monoisotopic (exact) mass is 275 g/mol. The van der Waals surface area contributed by atoms with Crippen molar-refractivity contribution in [1.82, 2.24) is 15.2 Å². The summed E-state index contributed by atoms with van der Waals surface area (Å²) in [5.74, 6) is -0.0846. The average molecular weight is 275 g/mol. The molecule has 1 aromatic rings. The first-order chi connectivity index (χ1) is 9.44. The van der Waals surface area contributed by atoms with Gasteiger partial charge in [0.25, 0.3) is 0 Å². The van der Waals surface area contributed by atoms with Crippen molar-refractivity contribution in [2.75, 3.05) is 6.54 Å². The lowest BCUT2D eigenvalue weighted by atomic mass is 9.97. The van der Waals surface area contributed by atoms with E-state index in [0.29, 0.717) is 25.9 Å². The van der Waals surface area contributed by atoms with Crippen molar-refractivity contribution in [3.8, 4) is 0 Å². The number of carbonyl (C=O) groups is 2. The minimum Gasteiger partial charge on any atom is -0.342 e.